The Morgan fingerprint density at radius 1 is 1.32 bits per heavy atom. The highest BCUT2D eigenvalue weighted by Crippen LogP contribution is 2.34. The molecule has 160 valence electrons. The van der Waals surface area contributed by atoms with Gasteiger partial charge in [0.2, 0.25) is 17.5 Å². The van der Waals surface area contributed by atoms with Crippen molar-refractivity contribution in [3.05, 3.63) is 52.1 Å². The Bertz CT molecular complexity index is 1080. The average Bonchev–Trinajstić information content (AvgIpc) is 3.25. The molecule has 10 heteroatoms. The first kappa shape index (κ1) is 21.5. The number of nitrogens with zero attached hydrogens (tertiary/aromatic N) is 4. The molecular weight excluding hydrogens is 439 g/mol. The van der Waals surface area contributed by atoms with E-state index < -0.39 is 0 Å². The molecule has 2 aromatic rings. The molecule has 0 spiro atoms. The zero-order valence-electron chi connectivity index (χ0n) is 16.9. The second-order valence-corrected chi connectivity index (χ2v) is 9.05. The lowest BCUT2D eigenvalue weighted by Crippen LogP contribution is -2.45. The van der Waals surface area contributed by atoms with Gasteiger partial charge in [-0.05, 0) is 31.5 Å². The van der Waals surface area contributed by atoms with E-state index in [1.54, 1.807) is 12.1 Å². The summed E-state index contributed by atoms with van der Waals surface area (Å²) >= 11 is 6.48. The SMILES string of the molecule is CC1CN(c2oc(/C=C3/SC(=S)N(Cc4ccc(F)cc4)C3=O)nc2C#N)CC(C)O1. The van der Waals surface area contributed by atoms with Crippen LogP contribution in [-0.2, 0) is 16.1 Å². The van der Waals surface area contributed by atoms with Crippen molar-refractivity contribution in [3.63, 3.8) is 0 Å². The first-order valence-electron chi connectivity index (χ1n) is 9.65. The Hall–Kier alpha value is -2.74. The van der Waals surface area contributed by atoms with Crippen molar-refractivity contribution in [2.24, 2.45) is 0 Å². The van der Waals surface area contributed by atoms with Crippen LogP contribution in [0.4, 0.5) is 10.3 Å². The lowest BCUT2D eigenvalue weighted by atomic mass is 10.2. The maximum atomic E-state index is 13.1. The summed E-state index contributed by atoms with van der Waals surface area (Å²) < 4.78 is 25.1. The highest BCUT2D eigenvalue weighted by molar-refractivity contribution is 8.26. The molecule has 2 saturated heterocycles. The number of thioether (sulfide) groups is 1. The van der Waals surface area contributed by atoms with E-state index in [-0.39, 0.29) is 42.1 Å². The summed E-state index contributed by atoms with van der Waals surface area (Å²) in [6.07, 6.45) is 1.49. The highest BCUT2D eigenvalue weighted by atomic mass is 32.2. The number of aromatic nitrogens is 1. The van der Waals surface area contributed by atoms with Gasteiger partial charge >= 0.3 is 0 Å². The van der Waals surface area contributed by atoms with E-state index in [9.17, 15) is 14.4 Å². The number of benzene rings is 1. The summed E-state index contributed by atoms with van der Waals surface area (Å²) in [5.41, 5.74) is 0.925. The van der Waals surface area contributed by atoms with Gasteiger partial charge in [-0.25, -0.2) is 4.39 Å². The fourth-order valence-corrected chi connectivity index (χ4v) is 4.76. The summed E-state index contributed by atoms with van der Waals surface area (Å²) in [7, 11) is 0. The van der Waals surface area contributed by atoms with E-state index in [0.717, 1.165) is 17.3 Å². The largest absolute Gasteiger partial charge is 0.420 e. The van der Waals surface area contributed by atoms with E-state index in [1.165, 1.54) is 23.1 Å². The highest BCUT2D eigenvalue weighted by Gasteiger charge is 2.33. The predicted octanol–water partition coefficient (Wildman–Crippen LogP) is 3.70. The van der Waals surface area contributed by atoms with Crippen molar-refractivity contribution in [1.29, 1.82) is 5.26 Å². The van der Waals surface area contributed by atoms with Gasteiger partial charge in [-0.2, -0.15) is 10.2 Å². The van der Waals surface area contributed by atoms with Crippen LogP contribution >= 0.6 is 24.0 Å². The van der Waals surface area contributed by atoms with Crippen LogP contribution in [-0.4, -0.2) is 45.4 Å². The van der Waals surface area contributed by atoms with Crippen LogP contribution in [0.15, 0.2) is 33.6 Å². The first-order valence-corrected chi connectivity index (χ1v) is 10.9. The summed E-state index contributed by atoms with van der Waals surface area (Å²) in [5.74, 6) is -0.0875. The molecule has 4 rings (SSSR count). The number of anilines is 1. The van der Waals surface area contributed by atoms with Crippen molar-refractivity contribution < 1.29 is 18.3 Å². The van der Waals surface area contributed by atoms with Crippen LogP contribution in [0.2, 0.25) is 0 Å². The van der Waals surface area contributed by atoms with Gasteiger partial charge in [0, 0.05) is 19.2 Å². The first-order chi connectivity index (χ1) is 14.8. The fourth-order valence-electron chi connectivity index (χ4n) is 3.54. The molecule has 0 radical (unpaired) electrons. The Morgan fingerprint density at radius 3 is 2.65 bits per heavy atom. The fraction of sp³-hybridized carbons (Fsp3) is 0.333. The van der Waals surface area contributed by atoms with Gasteiger partial charge < -0.3 is 14.1 Å². The zero-order valence-corrected chi connectivity index (χ0v) is 18.5. The number of carbonyl (C=O) groups excluding carboxylic acids is 1. The number of carbonyl (C=O) groups is 1. The molecule has 0 saturated carbocycles. The summed E-state index contributed by atoms with van der Waals surface area (Å²) in [4.78, 5) is 20.8. The van der Waals surface area contributed by atoms with Gasteiger partial charge in [0.05, 0.1) is 23.7 Å². The topological polar surface area (TPSA) is 82.6 Å². The molecule has 0 aliphatic carbocycles. The van der Waals surface area contributed by atoms with Crippen LogP contribution in [0, 0.1) is 17.1 Å². The third kappa shape index (κ3) is 4.63. The Morgan fingerprint density at radius 2 is 2.00 bits per heavy atom. The number of halogens is 1. The number of nitriles is 1. The van der Waals surface area contributed by atoms with E-state index >= 15 is 0 Å². The third-order valence-electron chi connectivity index (χ3n) is 4.82. The van der Waals surface area contributed by atoms with Crippen LogP contribution in [0.3, 0.4) is 0 Å². The summed E-state index contributed by atoms with van der Waals surface area (Å²) in [5, 5.41) is 9.50. The van der Waals surface area contributed by atoms with Gasteiger partial charge in [-0.3, -0.25) is 9.69 Å². The summed E-state index contributed by atoms with van der Waals surface area (Å²) in [6, 6.07) is 7.97. The number of oxazole rings is 1. The lowest BCUT2D eigenvalue weighted by Gasteiger charge is -2.34. The minimum absolute atomic E-state index is 0.00782. The molecule has 2 aliphatic rings. The van der Waals surface area contributed by atoms with Crippen molar-refractivity contribution in [2.75, 3.05) is 18.0 Å². The van der Waals surface area contributed by atoms with Crippen molar-refractivity contribution in [2.45, 2.75) is 32.6 Å². The predicted molar refractivity (Wildman–Crippen MR) is 119 cm³/mol. The van der Waals surface area contributed by atoms with Gasteiger partial charge in [-0.15, -0.1) is 0 Å². The monoisotopic (exact) mass is 458 g/mol. The molecule has 3 heterocycles. The van der Waals surface area contributed by atoms with Crippen molar-refractivity contribution in [1.82, 2.24) is 9.88 Å². The maximum Gasteiger partial charge on any atom is 0.266 e. The number of thiocarbonyl (C=S) groups is 1. The normalized spacial score (nSPS) is 23.0. The van der Waals surface area contributed by atoms with Crippen LogP contribution < -0.4 is 4.90 Å². The van der Waals surface area contributed by atoms with E-state index in [4.69, 9.17) is 21.4 Å². The number of rotatable bonds is 4. The number of morpholine rings is 1. The molecule has 0 N–H and O–H groups in total. The molecule has 2 unspecified atom stereocenters. The van der Waals surface area contributed by atoms with E-state index in [0.29, 0.717) is 28.2 Å². The Kier molecular flexibility index (Phi) is 6.09. The molecule has 2 aliphatic heterocycles. The number of hydrogen-bond donors (Lipinski definition) is 0. The standard InChI is InChI=1S/C21H19FN4O3S2/c1-12-9-25(10-13(2)28-12)20-16(8-23)24-18(29-20)7-17-19(27)26(21(30)31-17)11-14-3-5-15(22)6-4-14/h3-7,12-13H,9-11H2,1-2H3/b17-7+. The molecule has 0 bridgehead atoms. The molecule has 2 fully saturated rings. The van der Waals surface area contributed by atoms with Crippen LogP contribution in [0.5, 0.6) is 0 Å². The second kappa shape index (κ2) is 8.78. The third-order valence-corrected chi connectivity index (χ3v) is 6.20. The molecule has 1 aromatic heterocycles. The maximum absolute atomic E-state index is 13.1. The average molecular weight is 459 g/mol. The lowest BCUT2D eigenvalue weighted by molar-refractivity contribution is -0.122. The van der Waals surface area contributed by atoms with Gasteiger partial charge in [-0.1, -0.05) is 36.1 Å². The van der Waals surface area contributed by atoms with Crippen molar-refractivity contribution >= 4 is 46.2 Å². The van der Waals surface area contributed by atoms with Crippen LogP contribution in [0.25, 0.3) is 6.08 Å². The van der Waals surface area contributed by atoms with E-state index in [2.05, 4.69) is 11.1 Å². The smallest absolute Gasteiger partial charge is 0.266 e. The van der Waals surface area contributed by atoms with E-state index in [1.807, 2.05) is 18.7 Å². The Balaban J connectivity index is 1.55. The molecule has 1 aromatic carbocycles. The van der Waals surface area contributed by atoms with Crippen molar-refractivity contribution in [3.8, 4) is 6.07 Å². The Labute approximate surface area is 188 Å². The zero-order chi connectivity index (χ0) is 22.1. The molecule has 7 nitrogen and oxygen atoms in total. The summed E-state index contributed by atoms with van der Waals surface area (Å²) in [6.45, 7) is 5.31. The quantitative estimate of drug-likeness (QED) is 0.507. The second-order valence-electron chi connectivity index (χ2n) is 7.37. The minimum Gasteiger partial charge on any atom is -0.420 e. The number of hydrogen-bond acceptors (Lipinski definition) is 8. The number of amides is 1. The molecule has 1 amide bonds. The van der Waals surface area contributed by atoms with Gasteiger partial charge in [0.1, 0.15) is 16.2 Å². The molecule has 2 atom stereocenters. The minimum atomic E-state index is -0.342. The molecule has 31 heavy (non-hydrogen) atoms. The van der Waals surface area contributed by atoms with Gasteiger partial charge in [0.15, 0.2) is 0 Å². The van der Waals surface area contributed by atoms with Crippen LogP contribution in [0.1, 0.15) is 31.0 Å². The molecular formula is C21H19FN4O3S2. The number of ether oxygens (including phenoxy) is 1. The van der Waals surface area contributed by atoms with Gasteiger partial charge in [0.25, 0.3) is 5.91 Å².